The summed E-state index contributed by atoms with van der Waals surface area (Å²) in [6, 6.07) is 1.69. The predicted molar refractivity (Wildman–Crippen MR) is 89.1 cm³/mol. The number of sulfonamides is 1. The molecule has 0 unspecified atom stereocenters. The highest BCUT2D eigenvalue weighted by atomic mass is 32.2. The van der Waals surface area contributed by atoms with Crippen LogP contribution in [0.25, 0.3) is 0 Å². The second-order valence-electron chi connectivity index (χ2n) is 5.15. The van der Waals surface area contributed by atoms with Crippen molar-refractivity contribution >= 4 is 43.8 Å². The first kappa shape index (κ1) is 16.4. The van der Waals surface area contributed by atoms with Crippen molar-refractivity contribution in [1.82, 2.24) is 9.29 Å². The van der Waals surface area contributed by atoms with E-state index in [1.807, 2.05) is 17.2 Å². The van der Waals surface area contributed by atoms with Gasteiger partial charge in [0.15, 0.2) is 10.8 Å². The number of rotatable bonds is 4. The first-order valence-electron chi connectivity index (χ1n) is 6.87. The van der Waals surface area contributed by atoms with E-state index < -0.39 is 16.0 Å². The molecule has 0 spiro atoms. The van der Waals surface area contributed by atoms with Crippen LogP contribution in [0.5, 0.6) is 0 Å². The number of aromatic carboxylic acids is 1. The molecule has 0 aliphatic carbocycles. The molecule has 124 valence electrons. The topological polar surface area (TPSA) is 90.8 Å². The molecular formula is C13H15N3O4S3. The molecule has 1 fully saturated rings. The molecule has 7 nitrogen and oxygen atoms in total. The van der Waals surface area contributed by atoms with E-state index in [0.29, 0.717) is 35.5 Å². The second kappa shape index (κ2) is 6.19. The summed E-state index contributed by atoms with van der Waals surface area (Å²) in [6.45, 7) is 3.59. The van der Waals surface area contributed by atoms with Crippen molar-refractivity contribution < 1.29 is 18.3 Å². The number of anilines is 1. The Morgan fingerprint density at radius 1 is 1.22 bits per heavy atom. The van der Waals surface area contributed by atoms with Crippen LogP contribution in [0.3, 0.4) is 0 Å². The zero-order valence-corrected chi connectivity index (χ0v) is 14.7. The Morgan fingerprint density at radius 2 is 1.91 bits per heavy atom. The summed E-state index contributed by atoms with van der Waals surface area (Å²) in [5.74, 6) is -1.05. The predicted octanol–water partition coefficient (Wildman–Crippen LogP) is 1.72. The minimum atomic E-state index is -3.44. The summed E-state index contributed by atoms with van der Waals surface area (Å²) in [5.41, 5.74) is 0.963. The van der Waals surface area contributed by atoms with Gasteiger partial charge in [-0.15, -0.1) is 22.7 Å². The molecule has 0 bridgehead atoms. The lowest BCUT2D eigenvalue weighted by Gasteiger charge is -2.33. The number of thiazole rings is 1. The van der Waals surface area contributed by atoms with Crippen LogP contribution in [0.1, 0.15) is 16.1 Å². The summed E-state index contributed by atoms with van der Waals surface area (Å²) in [5, 5.41) is 12.9. The zero-order chi connectivity index (χ0) is 16.6. The van der Waals surface area contributed by atoms with Gasteiger partial charge in [-0.1, -0.05) is 0 Å². The fourth-order valence-corrected chi connectivity index (χ4v) is 5.95. The van der Waals surface area contributed by atoms with Crippen molar-refractivity contribution in [3.63, 3.8) is 0 Å². The fraction of sp³-hybridized carbons (Fsp3) is 0.385. The number of hydrogen-bond acceptors (Lipinski definition) is 7. The molecular weight excluding hydrogens is 358 g/mol. The van der Waals surface area contributed by atoms with E-state index in [4.69, 9.17) is 5.11 Å². The van der Waals surface area contributed by atoms with E-state index in [9.17, 15) is 13.2 Å². The van der Waals surface area contributed by atoms with Crippen molar-refractivity contribution in [3.8, 4) is 0 Å². The molecule has 2 aromatic heterocycles. The van der Waals surface area contributed by atoms with Crippen molar-refractivity contribution in [2.75, 3.05) is 31.1 Å². The summed E-state index contributed by atoms with van der Waals surface area (Å²) in [6.07, 6.45) is 0. The lowest BCUT2D eigenvalue weighted by atomic mass is 10.4. The highest BCUT2D eigenvalue weighted by Gasteiger charge is 2.30. The normalized spacial score (nSPS) is 16.7. The molecule has 1 N–H and O–H groups in total. The Morgan fingerprint density at radius 3 is 2.43 bits per heavy atom. The number of carboxylic acid groups (broad SMARTS) is 1. The number of hydrogen-bond donors (Lipinski definition) is 1. The molecule has 23 heavy (non-hydrogen) atoms. The van der Waals surface area contributed by atoms with Gasteiger partial charge in [-0.2, -0.15) is 4.31 Å². The maximum absolute atomic E-state index is 12.6. The van der Waals surface area contributed by atoms with Gasteiger partial charge in [-0.3, -0.25) is 0 Å². The number of thiophene rings is 1. The van der Waals surface area contributed by atoms with Crippen molar-refractivity contribution in [3.05, 3.63) is 28.1 Å². The van der Waals surface area contributed by atoms with Gasteiger partial charge in [0.2, 0.25) is 0 Å². The van der Waals surface area contributed by atoms with Gasteiger partial charge in [0.1, 0.15) is 4.21 Å². The smallest absolute Gasteiger partial charge is 0.355 e. The van der Waals surface area contributed by atoms with E-state index in [2.05, 4.69) is 4.98 Å². The van der Waals surface area contributed by atoms with Gasteiger partial charge in [0.25, 0.3) is 10.0 Å². The van der Waals surface area contributed by atoms with Gasteiger partial charge in [-0.05, 0) is 23.9 Å². The van der Waals surface area contributed by atoms with Crippen molar-refractivity contribution in [2.45, 2.75) is 11.1 Å². The maximum Gasteiger partial charge on any atom is 0.355 e. The third kappa shape index (κ3) is 3.25. The van der Waals surface area contributed by atoms with Crippen LogP contribution in [0.15, 0.2) is 21.0 Å². The van der Waals surface area contributed by atoms with Gasteiger partial charge in [0, 0.05) is 31.6 Å². The average molecular weight is 373 g/mol. The van der Waals surface area contributed by atoms with Crippen LogP contribution >= 0.6 is 22.7 Å². The summed E-state index contributed by atoms with van der Waals surface area (Å²) < 4.78 is 27.0. The Hall–Kier alpha value is -1.49. The molecule has 0 atom stereocenters. The van der Waals surface area contributed by atoms with E-state index in [1.54, 1.807) is 6.07 Å². The minimum absolute atomic E-state index is 0.0223. The number of aromatic nitrogens is 1. The standard InChI is InChI=1S/C13H15N3O4S3/c1-9-6-11(21-7-9)23(19,20)16-4-2-15(3-5-16)13-14-10(8-22-13)12(17)18/h6-8H,2-5H2,1H3,(H,17,18). The summed E-state index contributed by atoms with van der Waals surface area (Å²) >= 11 is 2.50. The number of carboxylic acids is 1. The van der Waals surface area contributed by atoms with Crippen molar-refractivity contribution in [1.29, 1.82) is 0 Å². The maximum atomic E-state index is 12.6. The molecule has 0 radical (unpaired) electrons. The number of piperazine rings is 1. The van der Waals surface area contributed by atoms with Gasteiger partial charge >= 0.3 is 5.97 Å². The molecule has 10 heteroatoms. The van der Waals surface area contributed by atoms with Crippen molar-refractivity contribution in [2.24, 2.45) is 0 Å². The average Bonchev–Trinajstić information content (AvgIpc) is 3.16. The summed E-state index contributed by atoms with van der Waals surface area (Å²) in [4.78, 5) is 16.9. The van der Waals surface area contributed by atoms with Gasteiger partial charge in [-0.25, -0.2) is 18.2 Å². The monoisotopic (exact) mass is 373 g/mol. The van der Waals surface area contributed by atoms with Crippen LogP contribution < -0.4 is 4.90 Å². The molecule has 1 aliphatic rings. The Bertz CT molecular complexity index is 819. The largest absolute Gasteiger partial charge is 0.476 e. The lowest BCUT2D eigenvalue weighted by molar-refractivity contribution is 0.0691. The highest BCUT2D eigenvalue weighted by molar-refractivity contribution is 7.91. The first-order valence-corrected chi connectivity index (χ1v) is 10.1. The quantitative estimate of drug-likeness (QED) is 0.878. The minimum Gasteiger partial charge on any atom is -0.476 e. The molecule has 3 rings (SSSR count). The third-order valence-corrected chi connectivity index (χ3v) is 7.85. The molecule has 0 saturated carbocycles. The molecule has 1 aliphatic heterocycles. The zero-order valence-electron chi connectivity index (χ0n) is 12.3. The number of aryl methyl sites for hydroxylation is 1. The number of nitrogens with zero attached hydrogens (tertiary/aromatic N) is 3. The van der Waals surface area contributed by atoms with E-state index >= 15 is 0 Å². The van der Waals surface area contributed by atoms with E-state index in [0.717, 1.165) is 5.56 Å². The molecule has 1 saturated heterocycles. The van der Waals surface area contributed by atoms with Crippen LogP contribution in [0.2, 0.25) is 0 Å². The first-order chi connectivity index (χ1) is 10.9. The van der Waals surface area contributed by atoms with Crippen LogP contribution in [-0.4, -0.2) is 55.0 Å². The fourth-order valence-electron chi connectivity index (χ4n) is 2.29. The molecule has 3 heterocycles. The van der Waals surface area contributed by atoms with Crippen LogP contribution in [-0.2, 0) is 10.0 Å². The van der Waals surface area contributed by atoms with Gasteiger partial charge in [0.05, 0.1) is 0 Å². The Balaban J connectivity index is 1.69. The van der Waals surface area contributed by atoms with E-state index in [-0.39, 0.29) is 5.69 Å². The highest BCUT2D eigenvalue weighted by Crippen LogP contribution is 2.26. The molecule has 2 aromatic rings. The van der Waals surface area contributed by atoms with E-state index in [1.165, 1.54) is 32.4 Å². The third-order valence-electron chi connectivity index (χ3n) is 3.52. The van der Waals surface area contributed by atoms with Gasteiger partial charge < -0.3 is 10.0 Å². The number of carbonyl (C=O) groups is 1. The second-order valence-corrected chi connectivity index (χ2v) is 9.07. The van der Waals surface area contributed by atoms with Crippen LogP contribution in [0, 0.1) is 6.92 Å². The lowest BCUT2D eigenvalue weighted by Crippen LogP contribution is -2.48. The SMILES string of the molecule is Cc1csc(S(=O)(=O)N2CCN(c3nc(C(=O)O)cs3)CC2)c1. The van der Waals surface area contributed by atoms with Crippen LogP contribution in [0.4, 0.5) is 5.13 Å². The summed E-state index contributed by atoms with van der Waals surface area (Å²) in [7, 11) is -3.44. The molecule has 0 amide bonds. The Kier molecular flexibility index (Phi) is 4.41. The molecule has 0 aromatic carbocycles. The Labute approximate surface area is 141 Å².